The molecular weight excluding hydrogens is 189 g/mol. The maximum Gasteiger partial charge on any atom is 0.317 e. The van der Waals surface area contributed by atoms with Crippen molar-refractivity contribution in [2.75, 3.05) is 5.32 Å². The maximum absolute atomic E-state index is 12.7. The first kappa shape index (κ1) is 8.68. The third-order valence-corrected chi connectivity index (χ3v) is 1.83. The minimum atomic E-state index is -1.98. The first-order valence-corrected chi connectivity index (χ1v) is 3.91. The van der Waals surface area contributed by atoms with Gasteiger partial charge in [-0.1, -0.05) is 0 Å². The summed E-state index contributed by atoms with van der Waals surface area (Å²) in [6, 6.07) is 4.34. The number of alkyl halides is 1. The van der Waals surface area contributed by atoms with E-state index in [0.29, 0.717) is 17.5 Å². The summed E-state index contributed by atoms with van der Waals surface area (Å²) >= 11 is 0. The lowest BCUT2D eigenvalue weighted by Crippen LogP contribution is -2.33. The van der Waals surface area contributed by atoms with Gasteiger partial charge in [0.1, 0.15) is 12.0 Å². The Morgan fingerprint density at radius 2 is 2.29 bits per heavy atom. The minimum absolute atomic E-state index is 0.225. The molecule has 2 rings (SSSR count). The molecule has 1 aliphatic rings. The van der Waals surface area contributed by atoms with Crippen molar-refractivity contribution in [2.24, 2.45) is 0 Å². The number of ether oxygens (including phenoxy) is 1. The number of nitrogens with one attached hydrogen (secondary N) is 1. The second-order valence-corrected chi connectivity index (χ2v) is 2.80. The van der Waals surface area contributed by atoms with Gasteiger partial charge in [0.05, 0.1) is 5.69 Å². The van der Waals surface area contributed by atoms with Gasteiger partial charge in [-0.2, -0.15) is 4.39 Å². The number of hydrogen-bond acceptors (Lipinski definition) is 3. The normalized spacial score (nSPS) is 19.2. The molecule has 1 amide bonds. The minimum Gasteiger partial charge on any atom is -0.450 e. The molecule has 0 aromatic heterocycles. The van der Waals surface area contributed by atoms with Crippen LogP contribution in [0.5, 0.6) is 5.75 Å². The summed E-state index contributed by atoms with van der Waals surface area (Å²) in [4.78, 5) is 21.3. The number of aldehydes is 1. The molecule has 0 saturated carbocycles. The Balaban J connectivity index is 2.42. The van der Waals surface area contributed by atoms with Gasteiger partial charge in [0, 0.05) is 5.56 Å². The van der Waals surface area contributed by atoms with Crippen LogP contribution >= 0.6 is 0 Å². The molecule has 1 heterocycles. The summed E-state index contributed by atoms with van der Waals surface area (Å²) in [6.45, 7) is 0. The quantitative estimate of drug-likeness (QED) is 0.683. The zero-order valence-corrected chi connectivity index (χ0v) is 6.99. The largest absolute Gasteiger partial charge is 0.450 e. The van der Waals surface area contributed by atoms with E-state index in [2.05, 4.69) is 10.1 Å². The first-order chi connectivity index (χ1) is 6.70. The molecule has 1 N–H and O–H groups in total. The molecule has 5 heteroatoms. The summed E-state index contributed by atoms with van der Waals surface area (Å²) in [5.74, 6) is -0.636. The molecule has 0 fully saturated rings. The third kappa shape index (κ3) is 1.32. The van der Waals surface area contributed by atoms with Crippen molar-refractivity contribution in [1.29, 1.82) is 0 Å². The molecular formula is C9H6FNO3. The van der Waals surface area contributed by atoms with Gasteiger partial charge >= 0.3 is 6.36 Å². The van der Waals surface area contributed by atoms with Crippen LogP contribution in [0.3, 0.4) is 0 Å². The van der Waals surface area contributed by atoms with Crippen LogP contribution in [0.25, 0.3) is 0 Å². The molecule has 1 aromatic rings. The van der Waals surface area contributed by atoms with Gasteiger partial charge in [0.15, 0.2) is 0 Å². The zero-order chi connectivity index (χ0) is 10.1. The molecule has 1 unspecified atom stereocenters. The number of amides is 1. The number of fused-ring (bicyclic) bond motifs is 1. The molecule has 0 aliphatic carbocycles. The van der Waals surface area contributed by atoms with E-state index in [1.165, 1.54) is 18.2 Å². The average molecular weight is 195 g/mol. The second-order valence-electron chi connectivity index (χ2n) is 2.80. The van der Waals surface area contributed by atoms with E-state index in [9.17, 15) is 14.0 Å². The van der Waals surface area contributed by atoms with E-state index in [1.807, 2.05) is 0 Å². The third-order valence-electron chi connectivity index (χ3n) is 1.83. The van der Waals surface area contributed by atoms with Crippen LogP contribution in [0, 0.1) is 0 Å². The highest BCUT2D eigenvalue weighted by atomic mass is 19.1. The van der Waals surface area contributed by atoms with Gasteiger partial charge in [-0.25, -0.2) is 0 Å². The van der Waals surface area contributed by atoms with Gasteiger partial charge < -0.3 is 10.1 Å². The fourth-order valence-electron chi connectivity index (χ4n) is 1.18. The number of rotatable bonds is 1. The summed E-state index contributed by atoms with van der Waals surface area (Å²) in [5, 5.41) is 2.29. The van der Waals surface area contributed by atoms with Gasteiger partial charge in [0.25, 0.3) is 5.91 Å². The zero-order valence-electron chi connectivity index (χ0n) is 6.99. The summed E-state index contributed by atoms with van der Waals surface area (Å²) in [6.07, 6.45) is -1.35. The lowest BCUT2D eigenvalue weighted by atomic mass is 10.2. The Hall–Kier alpha value is -1.91. The van der Waals surface area contributed by atoms with Crippen LogP contribution in [0.2, 0.25) is 0 Å². The predicted molar refractivity (Wildman–Crippen MR) is 46.0 cm³/mol. The van der Waals surface area contributed by atoms with Crippen molar-refractivity contribution in [1.82, 2.24) is 0 Å². The summed E-state index contributed by atoms with van der Waals surface area (Å²) in [5.41, 5.74) is 0.707. The van der Waals surface area contributed by atoms with Crippen molar-refractivity contribution in [3.8, 4) is 5.75 Å². The van der Waals surface area contributed by atoms with E-state index in [-0.39, 0.29) is 5.75 Å². The Labute approximate surface area is 78.7 Å². The monoisotopic (exact) mass is 195 g/mol. The highest BCUT2D eigenvalue weighted by molar-refractivity contribution is 5.97. The fourth-order valence-corrected chi connectivity index (χ4v) is 1.18. The van der Waals surface area contributed by atoms with Gasteiger partial charge in [0.2, 0.25) is 0 Å². The molecule has 1 atom stereocenters. The van der Waals surface area contributed by atoms with E-state index in [1.54, 1.807) is 0 Å². The van der Waals surface area contributed by atoms with E-state index in [4.69, 9.17) is 0 Å². The molecule has 0 spiro atoms. The van der Waals surface area contributed by atoms with E-state index >= 15 is 0 Å². The number of carbonyl (C=O) groups excluding carboxylic acids is 2. The van der Waals surface area contributed by atoms with E-state index in [0.717, 1.165) is 0 Å². The Kier molecular flexibility index (Phi) is 1.92. The van der Waals surface area contributed by atoms with Crippen LogP contribution in [0.15, 0.2) is 18.2 Å². The predicted octanol–water partition coefficient (Wildman–Crippen LogP) is 1.13. The van der Waals surface area contributed by atoms with Crippen molar-refractivity contribution in [2.45, 2.75) is 6.36 Å². The number of benzene rings is 1. The molecule has 1 aromatic carbocycles. The number of halogens is 1. The SMILES string of the molecule is O=Cc1ccc2c(c1)NC(=O)C(F)O2. The van der Waals surface area contributed by atoms with Crippen molar-refractivity contribution < 1.29 is 18.7 Å². The fraction of sp³-hybridized carbons (Fsp3) is 0.111. The average Bonchev–Trinajstić information content (AvgIpc) is 2.19. The van der Waals surface area contributed by atoms with Gasteiger partial charge in [-0.3, -0.25) is 9.59 Å². The van der Waals surface area contributed by atoms with Crippen LogP contribution in [-0.4, -0.2) is 18.6 Å². The van der Waals surface area contributed by atoms with E-state index < -0.39 is 12.3 Å². The van der Waals surface area contributed by atoms with Crippen LogP contribution in [-0.2, 0) is 4.79 Å². The number of carbonyl (C=O) groups is 2. The van der Waals surface area contributed by atoms with Gasteiger partial charge in [-0.05, 0) is 18.2 Å². The molecule has 1 aliphatic heterocycles. The van der Waals surface area contributed by atoms with Crippen LogP contribution < -0.4 is 10.1 Å². The van der Waals surface area contributed by atoms with Gasteiger partial charge in [-0.15, -0.1) is 0 Å². The first-order valence-electron chi connectivity index (χ1n) is 3.91. The Morgan fingerprint density at radius 3 is 3.00 bits per heavy atom. The molecule has 0 saturated heterocycles. The Morgan fingerprint density at radius 1 is 1.50 bits per heavy atom. The summed E-state index contributed by atoms with van der Waals surface area (Å²) in [7, 11) is 0. The molecule has 14 heavy (non-hydrogen) atoms. The van der Waals surface area contributed by atoms with Crippen molar-refractivity contribution in [3.05, 3.63) is 23.8 Å². The number of hydrogen-bond donors (Lipinski definition) is 1. The lowest BCUT2D eigenvalue weighted by molar-refractivity contribution is -0.130. The standard InChI is InChI=1S/C9H6FNO3/c10-8-9(13)11-6-3-5(4-12)1-2-7(6)14-8/h1-4,8H,(H,11,13). The molecule has 0 bridgehead atoms. The number of anilines is 1. The molecule has 4 nitrogen and oxygen atoms in total. The molecule has 72 valence electrons. The van der Waals surface area contributed by atoms with Crippen molar-refractivity contribution in [3.63, 3.8) is 0 Å². The summed E-state index contributed by atoms with van der Waals surface area (Å²) < 4.78 is 17.4. The van der Waals surface area contributed by atoms with Crippen LogP contribution in [0.4, 0.5) is 10.1 Å². The van der Waals surface area contributed by atoms with Crippen LogP contribution in [0.1, 0.15) is 10.4 Å². The highest BCUT2D eigenvalue weighted by Crippen LogP contribution is 2.30. The second kappa shape index (κ2) is 3.10. The topological polar surface area (TPSA) is 55.4 Å². The lowest BCUT2D eigenvalue weighted by Gasteiger charge is -2.20. The maximum atomic E-state index is 12.7. The Bertz CT molecular complexity index is 405. The smallest absolute Gasteiger partial charge is 0.317 e. The van der Waals surface area contributed by atoms with Crippen molar-refractivity contribution >= 4 is 17.9 Å². The molecule has 0 radical (unpaired) electrons. The highest BCUT2D eigenvalue weighted by Gasteiger charge is 2.26.